The second-order valence-corrected chi connectivity index (χ2v) is 6.82. The largest absolute Gasteiger partial charge is 0.379 e. The molecule has 0 saturated carbocycles. The van der Waals surface area contributed by atoms with Gasteiger partial charge in [-0.3, -0.25) is 19.8 Å². The standard InChI is InChI=1S/C19H25N3O4/c23-19(15-20-10-12-26-13-11-20)21-8-6-16(7-9-21)4-5-17-2-1-3-18(14-17)22(24)25/h1-5,14,16H,6-13,15H2. The summed E-state index contributed by atoms with van der Waals surface area (Å²) >= 11 is 0. The maximum Gasteiger partial charge on any atom is 0.270 e. The molecule has 2 aliphatic heterocycles. The zero-order chi connectivity index (χ0) is 18.4. The lowest BCUT2D eigenvalue weighted by Gasteiger charge is -2.33. The van der Waals surface area contributed by atoms with Crippen molar-refractivity contribution in [3.05, 3.63) is 46.0 Å². The average Bonchev–Trinajstić information content (AvgIpc) is 2.68. The van der Waals surface area contributed by atoms with Crippen LogP contribution in [0.1, 0.15) is 18.4 Å². The lowest BCUT2D eigenvalue weighted by atomic mass is 9.95. The Morgan fingerprint density at radius 2 is 1.96 bits per heavy atom. The predicted octanol–water partition coefficient (Wildman–Crippen LogP) is 2.18. The van der Waals surface area contributed by atoms with Gasteiger partial charge in [0.05, 0.1) is 24.7 Å². The van der Waals surface area contributed by atoms with E-state index in [4.69, 9.17) is 4.74 Å². The number of nitro groups is 1. The van der Waals surface area contributed by atoms with Crippen LogP contribution in [0.5, 0.6) is 0 Å². The zero-order valence-electron chi connectivity index (χ0n) is 14.9. The maximum atomic E-state index is 12.4. The number of hydrogen-bond acceptors (Lipinski definition) is 5. The molecule has 1 aromatic carbocycles. The average molecular weight is 359 g/mol. The van der Waals surface area contributed by atoms with Crippen molar-refractivity contribution in [2.24, 2.45) is 5.92 Å². The Kier molecular flexibility index (Phi) is 6.35. The molecule has 2 aliphatic rings. The molecular weight excluding hydrogens is 334 g/mol. The highest BCUT2D eigenvalue weighted by molar-refractivity contribution is 5.78. The van der Waals surface area contributed by atoms with Crippen molar-refractivity contribution in [3.8, 4) is 0 Å². The molecular formula is C19H25N3O4. The van der Waals surface area contributed by atoms with E-state index >= 15 is 0 Å². The highest BCUT2D eigenvalue weighted by Gasteiger charge is 2.23. The number of nitrogens with zero attached hydrogens (tertiary/aromatic N) is 3. The SMILES string of the molecule is O=C(CN1CCOCC1)N1CCC(C=Cc2cccc([N+](=O)[O-])c2)CC1. The minimum Gasteiger partial charge on any atom is -0.379 e. The number of likely N-dealkylation sites (tertiary alicyclic amines) is 1. The summed E-state index contributed by atoms with van der Waals surface area (Å²) in [5.41, 5.74) is 0.945. The van der Waals surface area contributed by atoms with Crippen molar-refractivity contribution in [3.63, 3.8) is 0 Å². The molecule has 0 unspecified atom stereocenters. The van der Waals surface area contributed by atoms with Crippen molar-refractivity contribution in [2.45, 2.75) is 12.8 Å². The number of hydrogen-bond donors (Lipinski definition) is 0. The van der Waals surface area contributed by atoms with Crippen LogP contribution in [-0.4, -0.2) is 66.6 Å². The van der Waals surface area contributed by atoms with E-state index in [0.29, 0.717) is 25.7 Å². The number of carbonyl (C=O) groups excluding carboxylic acids is 1. The number of nitro benzene ring substituents is 1. The van der Waals surface area contributed by atoms with Crippen LogP contribution in [-0.2, 0) is 9.53 Å². The van der Waals surface area contributed by atoms with Crippen molar-refractivity contribution in [1.29, 1.82) is 0 Å². The molecule has 7 nitrogen and oxygen atoms in total. The normalized spacial score (nSPS) is 19.8. The Morgan fingerprint density at radius 1 is 1.23 bits per heavy atom. The third-order valence-corrected chi connectivity index (χ3v) is 5.00. The van der Waals surface area contributed by atoms with Crippen LogP contribution in [0.25, 0.3) is 6.08 Å². The molecule has 140 valence electrons. The summed E-state index contributed by atoms with van der Waals surface area (Å²) in [5.74, 6) is 0.606. The molecule has 1 aromatic rings. The lowest BCUT2D eigenvalue weighted by molar-refractivity contribution is -0.384. The van der Waals surface area contributed by atoms with Gasteiger partial charge in [-0.2, -0.15) is 0 Å². The molecule has 7 heteroatoms. The van der Waals surface area contributed by atoms with Gasteiger partial charge in [-0.15, -0.1) is 0 Å². The van der Waals surface area contributed by atoms with Gasteiger partial charge in [0.25, 0.3) is 5.69 Å². The third-order valence-electron chi connectivity index (χ3n) is 5.00. The van der Waals surface area contributed by atoms with E-state index in [1.165, 1.54) is 6.07 Å². The minimum absolute atomic E-state index is 0.107. The summed E-state index contributed by atoms with van der Waals surface area (Å²) in [6.45, 7) is 5.09. The van der Waals surface area contributed by atoms with Crippen molar-refractivity contribution < 1.29 is 14.5 Å². The molecule has 0 aliphatic carbocycles. The van der Waals surface area contributed by atoms with Gasteiger partial charge < -0.3 is 9.64 Å². The summed E-state index contributed by atoms with van der Waals surface area (Å²) in [6, 6.07) is 6.64. The lowest BCUT2D eigenvalue weighted by Crippen LogP contribution is -2.46. The predicted molar refractivity (Wildman–Crippen MR) is 98.7 cm³/mol. The maximum absolute atomic E-state index is 12.4. The summed E-state index contributed by atoms with van der Waals surface area (Å²) in [4.78, 5) is 27.0. The topological polar surface area (TPSA) is 75.9 Å². The Balaban J connectivity index is 1.46. The first-order valence-corrected chi connectivity index (χ1v) is 9.12. The van der Waals surface area contributed by atoms with Crippen LogP contribution in [0.3, 0.4) is 0 Å². The van der Waals surface area contributed by atoms with Gasteiger partial charge >= 0.3 is 0 Å². The van der Waals surface area contributed by atoms with Crippen LogP contribution in [0, 0.1) is 16.0 Å². The number of carbonyl (C=O) groups is 1. The second kappa shape index (κ2) is 8.91. The Hall–Kier alpha value is -2.25. The van der Waals surface area contributed by atoms with Gasteiger partial charge in [0.15, 0.2) is 0 Å². The molecule has 26 heavy (non-hydrogen) atoms. The summed E-state index contributed by atoms with van der Waals surface area (Å²) < 4.78 is 5.31. The molecule has 0 aromatic heterocycles. The van der Waals surface area contributed by atoms with E-state index < -0.39 is 0 Å². The number of benzene rings is 1. The van der Waals surface area contributed by atoms with Gasteiger partial charge in [-0.25, -0.2) is 0 Å². The van der Waals surface area contributed by atoms with E-state index in [0.717, 1.165) is 44.6 Å². The van der Waals surface area contributed by atoms with E-state index in [2.05, 4.69) is 11.0 Å². The molecule has 3 rings (SSSR count). The molecule has 0 spiro atoms. The summed E-state index contributed by atoms with van der Waals surface area (Å²) in [7, 11) is 0. The Bertz CT molecular complexity index is 663. The molecule has 0 bridgehead atoms. The zero-order valence-corrected chi connectivity index (χ0v) is 14.9. The van der Waals surface area contributed by atoms with Crippen molar-refractivity contribution in [1.82, 2.24) is 9.80 Å². The molecule has 1 amide bonds. The molecule has 0 N–H and O–H groups in total. The van der Waals surface area contributed by atoms with Crippen molar-refractivity contribution in [2.75, 3.05) is 45.9 Å². The number of allylic oxidation sites excluding steroid dienone is 1. The second-order valence-electron chi connectivity index (χ2n) is 6.82. The van der Waals surface area contributed by atoms with E-state index in [-0.39, 0.29) is 16.5 Å². The Morgan fingerprint density at radius 3 is 2.65 bits per heavy atom. The minimum atomic E-state index is -0.379. The number of non-ortho nitro benzene ring substituents is 1. The van der Waals surface area contributed by atoms with Gasteiger partial charge in [-0.1, -0.05) is 24.3 Å². The van der Waals surface area contributed by atoms with Gasteiger partial charge in [0.2, 0.25) is 5.91 Å². The Labute approximate surface area is 153 Å². The molecule has 2 saturated heterocycles. The quantitative estimate of drug-likeness (QED) is 0.595. The van der Waals surface area contributed by atoms with Crippen LogP contribution in [0.4, 0.5) is 5.69 Å². The smallest absolute Gasteiger partial charge is 0.270 e. The van der Waals surface area contributed by atoms with Crippen LogP contribution >= 0.6 is 0 Å². The van der Waals surface area contributed by atoms with Gasteiger partial charge in [-0.05, 0) is 24.3 Å². The number of morpholine rings is 1. The third kappa shape index (κ3) is 5.12. The number of ether oxygens (including phenoxy) is 1. The van der Waals surface area contributed by atoms with Gasteiger partial charge in [0.1, 0.15) is 0 Å². The van der Waals surface area contributed by atoms with E-state index in [1.54, 1.807) is 12.1 Å². The fourth-order valence-corrected chi connectivity index (χ4v) is 3.38. The first-order valence-electron chi connectivity index (χ1n) is 9.12. The van der Waals surface area contributed by atoms with E-state index in [1.807, 2.05) is 17.0 Å². The summed E-state index contributed by atoms with van der Waals surface area (Å²) in [5, 5.41) is 10.8. The summed E-state index contributed by atoms with van der Waals surface area (Å²) in [6.07, 6.45) is 5.92. The number of amides is 1. The van der Waals surface area contributed by atoms with Crippen LogP contribution in [0.15, 0.2) is 30.3 Å². The fraction of sp³-hybridized carbons (Fsp3) is 0.526. The monoisotopic (exact) mass is 359 g/mol. The molecule has 0 atom stereocenters. The van der Waals surface area contributed by atoms with Crippen LogP contribution < -0.4 is 0 Å². The molecule has 2 fully saturated rings. The highest BCUT2D eigenvalue weighted by atomic mass is 16.6. The van der Waals surface area contributed by atoms with E-state index in [9.17, 15) is 14.9 Å². The molecule has 2 heterocycles. The van der Waals surface area contributed by atoms with Crippen molar-refractivity contribution >= 4 is 17.7 Å². The molecule has 0 radical (unpaired) electrons. The first-order chi connectivity index (χ1) is 12.6. The number of piperidine rings is 1. The highest BCUT2D eigenvalue weighted by Crippen LogP contribution is 2.21. The first kappa shape index (κ1) is 18.5. The van der Waals surface area contributed by atoms with Gasteiger partial charge in [0, 0.05) is 38.3 Å². The number of rotatable bonds is 5. The van der Waals surface area contributed by atoms with Crippen LogP contribution in [0.2, 0.25) is 0 Å². The fourth-order valence-electron chi connectivity index (χ4n) is 3.38.